The van der Waals surface area contributed by atoms with Gasteiger partial charge >= 0.3 is 18.2 Å². The fourth-order valence-electron chi connectivity index (χ4n) is 3.99. The molecule has 0 aliphatic carbocycles. The largest absolute Gasteiger partial charge is 0.478 e. The van der Waals surface area contributed by atoms with Crippen molar-refractivity contribution >= 4 is 29.4 Å². The van der Waals surface area contributed by atoms with Crippen LogP contribution in [0.25, 0.3) is 5.69 Å². The zero-order chi connectivity index (χ0) is 26.0. The average Bonchev–Trinajstić information content (AvgIpc) is 3.48. The van der Waals surface area contributed by atoms with E-state index in [-0.39, 0.29) is 17.1 Å². The van der Waals surface area contributed by atoms with Crippen LogP contribution in [0.2, 0.25) is 0 Å². The van der Waals surface area contributed by atoms with E-state index < -0.39 is 35.7 Å². The summed E-state index contributed by atoms with van der Waals surface area (Å²) in [6.07, 6.45) is -1.87. The quantitative estimate of drug-likeness (QED) is 0.475. The summed E-state index contributed by atoms with van der Waals surface area (Å²) in [6, 6.07) is 8.98. The first-order valence-corrected chi connectivity index (χ1v) is 11.0. The lowest BCUT2D eigenvalue weighted by Gasteiger charge is -2.24. The number of urea groups is 1. The lowest BCUT2D eigenvalue weighted by atomic mass is 10.1. The van der Waals surface area contributed by atoms with Gasteiger partial charge in [-0.05, 0) is 67.8 Å². The van der Waals surface area contributed by atoms with Crippen molar-refractivity contribution in [2.24, 2.45) is 0 Å². The van der Waals surface area contributed by atoms with Crippen LogP contribution in [-0.4, -0.2) is 50.3 Å². The maximum absolute atomic E-state index is 12.9. The lowest BCUT2D eigenvalue weighted by molar-refractivity contribution is -0.137. The zero-order valence-corrected chi connectivity index (χ0v) is 19.0. The predicted octanol–water partition coefficient (Wildman–Crippen LogP) is 4.53. The molecule has 1 aliphatic rings. The second-order valence-electron chi connectivity index (χ2n) is 8.30. The highest BCUT2D eigenvalue weighted by Gasteiger charge is 2.35. The number of carbonyl (C=O) groups excluding carboxylic acids is 2. The van der Waals surface area contributed by atoms with Crippen molar-refractivity contribution in [3.63, 3.8) is 0 Å². The molecule has 3 amide bonds. The Labute approximate surface area is 203 Å². The van der Waals surface area contributed by atoms with Gasteiger partial charge in [0.05, 0.1) is 16.8 Å². The monoisotopic (exact) mass is 501 g/mol. The first kappa shape index (κ1) is 24.8. The molecule has 2 aromatic carbocycles. The van der Waals surface area contributed by atoms with Crippen LogP contribution >= 0.6 is 0 Å². The van der Waals surface area contributed by atoms with E-state index in [1.54, 1.807) is 31.3 Å². The third-order valence-corrected chi connectivity index (χ3v) is 5.83. The number of benzene rings is 2. The molecule has 4 rings (SSSR count). The van der Waals surface area contributed by atoms with Gasteiger partial charge in [0, 0.05) is 24.5 Å². The topological polar surface area (TPSA) is 117 Å². The van der Waals surface area contributed by atoms with Crippen molar-refractivity contribution in [1.82, 2.24) is 14.7 Å². The summed E-state index contributed by atoms with van der Waals surface area (Å²) in [4.78, 5) is 38.1. The number of aryl methyl sites for hydroxylation is 1. The Morgan fingerprint density at radius 1 is 1.06 bits per heavy atom. The van der Waals surface area contributed by atoms with Crippen molar-refractivity contribution in [2.75, 3.05) is 17.2 Å². The number of nitrogens with one attached hydrogen (secondary N) is 2. The van der Waals surface area contributed by atoms with Crippen LogP contribution in [0.4, 0.5) is 29.5 Å². The lowest BCUT2D eigenvalue weighted by Crippen LogP contribution is -2.45. The minimum absolute atomic E-state index is 0.176. The molecule has 1 aliphatic heterocycles. The molecule has 36 heavy (non-hydrogen) atoms. The Bertz CT molecular complexity index is 1300. The Morgan fingerprint density at radius 3 is 2.42 bits per heavy atom. The smallest absolute Gasteiger partial charge is 0.416 e. The molecular weight excluding hydrogens is 479 g/mol. The van der Waals surface area contributed by atoms with E-state index in [9.17, 15) is 32.7 Å². The highest BCUT2D eigenvalue weighted by Crippen LogP contribution is 2.30. The number of amides is 3. The van der Waals surface area contributed by atoms with Crippen molar-refractivity contribution in [3.8, 4) is 5.69 Å². The van der Waals surface area contributed by atoms with Gasteiger partial charge in [0.25, 0.3) is 0 Å². The standard InChI is InChI=1S/C24H22F3N5O4/c1-14-13-17(8-9-18(14)22(34)35)32-12-10-20(30-32)29-21(33)19-3-2-11-31(19)23(36)28-16-6-4-15(5-7-16)24(25,26)27/h4-10,12-13,19H,2-3,11H2,1H3,(H,28,36)(H,34,35)(H,29,30,33)/t19-/m1/s1. The summed E-state index contributed by atoms with van der Waals surface area (Å²) in [5.41, 5.74) is 0.696. The van der Waals surface area contributed by atoms with Crippen molar-refractivity contribution in [2.45, 2.75) is 32.0 Å². The molecule has 1 fully saturated rings. The third kappa shape index (κ3) is 5.32. The third-order valence-electron chi connectivity index (χ3n) is 5.83. The number of carbonyl (C=O) groups is 3. The summed E-state index contributed by atoms with van der Waals surface area (Å²) in [7, 11) is 0. The summed E-state index contributed by atoms with van der Waals surface area (Å²) < 4.78 is 39.7. The molecular formula is C24H22F3N5O4. The van der Waals surface area contributed by atoms with Crippen LogP contribution in [0.3, 0.4) is 0 Å². The van der Waals surface area contributed by atoms with Crippen LogP contribution in [-0.2, 0) is 11.0 Å². The number of hydrogen-bond donors (Lipinski definition) is 3. The molecule has 0 radical (unpaired) electrons. The Hall–Kier alpha value is -4.35. The summed E-state index contributed by atoms with van der Waals surface area (Å²) in [6.45, 7) is 1.98. The summed E-state index contributed by atoms with van der Waals surface area (Å²) >= 11 is 0. The van der Waals surface area contributed by atoms with Crippen LogP contribution in [0.5, 0.6) is 0 Å². The van der Waals surface area contributed by atoms with E-state index in [2.05, 4.69) is 15.7 Å². The fraction of sp³-hybridized carbons (Fsp3) is 0.250. The van der Waals surface area contributed by atoms with Crippen molar-refractivity contribution in [1.29, 1.82) is 0 Å². The molecule has 1 atom stereocenters. The maximum Gasteiger partial charge on any atom is 0.416 e. The normalized spacial score (nSPS) is 15.6. The van der Waals surface area contributed by atoms with Gasteiger partial charge in [-0.25, -0.2) is 14.3 Å². The number of hydrogen-bond acceptors (Lipinski definition) is 4. The number of likely N-dealkylation sites (tertiary alicyclic amines) is 1. The number of carboxylic acid groups (broad SMARTS) is 1. The zero-order valence-electron chi connectivity index (χ0n) is 19.0. The van der Waals surface area contributed by atoms with Crippen LogP contribution in [0.15, 0.2) is 54.7 Å². The average molecular weight is 501 g/mol. The van der Waals surface area contributed by atoms with Crippen LogP contribution in [0.1, 0.15) is 34.3 Å². The second kappa shape index (κ2) is 9.72. The highest BCUT2D eigenvalue weighted by molar-refractivity contribution is 5.99. The van der Waals surface area contributed by atoms with E-state index >= 15 is 0 Å². The molecule has 0 spiro atoms. The van der Waals surface area contributed by atoms with Crippen molar-refractivity contribution < 1.29 is 32.7 Å². The van der Waals surface area contributed by atoms with Gasteiger partial charge in [0.1, 0.15) is 6.04 Å². The minimum Gasteiger partial charge on any atom is -0.478 e. The number of rotatable bonds is 5. The Balaban J connectivity index is 1.40. The van der Waals surface area contributed by atoms with Crippen LogP contribution in [0, 0.1) is 6.92 Å². The van der Waals surface area contributed by atoms with E-state index in [0.717, 1.165) is 24.3 Å². The van der Waals surface area contributed by atoms with E-state index in [1.165, 1.54) is 15.6 Å². The number of alkyl halides is 3. The number of aromatic nitrogens is 2. The van der Waals surface area contributed by atoms with Gasteiger partial charge in [-0.1, -0.05) is 0 Å². The Morgan fingerprint density at radius 2 is 1.78 bits per heavy atom. The first-order chi connectivity index (χ1) is 17.0. The number of anilines is 2. The molecule has 1 aromatic heterocycles. The number of halogens is 3. The minimum atomic E-state index is -4.48. The van der Waals surface area contributed by atoms with Gasteiger partial charge < -0.3 is 20.6 Å². The number of aromatic carboxylic acids is 1. The number of carboxylic acids is 1. The molecule has 0 saturated carbocycles. The summed E-state index contributed by atoms with van der Waals surface area (Å²) in [5.74, 6) is -1.23. The van der Waals surface area contributed by atoms with Crippen LogP contribution < -0.4 is 10.6 Å². The molecule has 2 heterocycles. The molecule has 1 saturated heterocycles. The van der Waals surface area contributed by atoms with Gasteiger partial charge in [-0.2, -0.15) is 18.3 Å². The molecule has 12 heteroatoms. The second-order valence-corrected chi connectivity index (χ2v) is 8.30. The van der Waals surface area contributed by atoms with Gasteiger partial charge in [-0.3, -0.25) is 4.79 Å². The van der Waals surface area contributed by atoms with Gasteiger partial charge in [-0.15, -0.1) is 0 Å². The Kier molecular flexibility index (Phi) is 6.69. The van der Waals surface area contributed by atoms with Gasteiger partial charge in [0.2, 0.25) is 5.91 Å². The van der Waals surface area contributed by atoms with Crippen molar-refractivity contribution in [3.05, 3.63) is 71.4 Å². The van der Waals surface area contributed by atoms with E-state index in [0.29, 0.717) is 30.6 Å². The molecule has 9 nitrogen and oxygen atoms in total. The molecule has 188 valence electrons. The predicted molar refractivity (Wildman–Crippen MR) is 124 cm³/mol. The van der Waals surface area contributed by atoms with E-state index in [4.69, 9.17) is 0 Å². The highest BCUT2D eigenvalue weighted by atomic mass is 19.4. The number of nitrogens with zero attached hydrogens (tertiary/aromatic N) is 3. The fourth-order valence-corrected chi connectivity index (χ4v) is 3.99. The molecule has 3 aromatic rings. The van der Waals surface area contributed by atoms with Gasteiger partial charge in [0.15, 0.2) is 5.82 Å². The first-order valence-electron chi connectivity index (χ1n) is 11.0. The molecule has 3 N–H and O–H groups in total. The summed E-state index contributed by atoms with van der Waals surface area (Å²) in [5, 5.41) is 18.7. The molecule has 0 unspecified atom stereocenters. The molecule has 0 bridgehead atoms. The van der Waals surface area contributed by atoms with E-state index in [1.807, 2.05) is 0 Å². The maximum atomic E-state index is 12.9. The SMILES string of the molecule is Cc1cc(-n2ccc(NC(=O)[C@H]3CCCN3C(=O)Nc3ccc(C(F)(F)F)cc3)n2)ccc1C(=O)O.